The standard InChI is InChI=1S/C22H28N4O2/c1-2-16-6-8-17(9-7-16)25-21(27)15-24-20-11-10-18(14-19(20)22(23)28)26-12-4-3-5-13-26/h6-11,14,24H,2-5,12-13,15H2,1H3,(H2,23,28)(H,25,27). The summed E-state index contributed by atoms with van der Waals surface area (Å²) in [4.78, 5) is 26.4. The molecular formula is C22H28N4O2. The number of nitrogens with one attached hydrogen (secondary N) is 2. The Morgan fingerprint density at radius 1 is 1.04 bits per heavy atom. The van der Waals surface area contributed by atoms with Crippen LogP contribution in [-0.2, 0) is 11.2 Å². The first kappa shape index (κ1) is 19.7. The molecule has 2 aromatic rings. The van der Waals surface area contributed by atoms with Crippen LogP contribution in [0.15, 0.2) is 42.5 Å². The number of hydrogen-bond acceptors (Lipinski definition) is 4. The predicted molar refractivity (Wildman–Crippen MR) is 114 cm³/mol. The maximum atomic E-state index is 12.2. The van der Waals surface area contributed by atoms with E-state index < -0.39 is 5.91 Å². The molecule has 148 valence electrons. The van der Waals surface area contributed by atoms with Gasteiger partial charge in [-0.1, -0.05) is 19.1 Å². The van der Waals surface area contributed by atoms with Crippen molar-refractivity contribution < 1.29 is 9.59 Å². The maximum Gasteiger partial charge on any atom is 0.250 e. The van der Waals surface area contributed by atoms with E-state index in [1.165, 1.54) is 12.0 Å². The molecule has 0 atom stereocenters. The fourth-order valence-corrected chi connectivity index (χ4v) is 3.44. The number of amides is 2. The van der Waals surface area contributed by atoms with Gasteiger partial charge in [0.05, 0.1) is 12.1 Å². The van der Waals surface area contributed by atoms with Crippen LogP contribution in [0.1, 0.15) is 42.1 Å². The van der Waals surface area contributed by atoms with Gasteiger partial charge in [0, 0.05) is 30.2 Å². The molecule has 1 aliphatic rings. The van der Waals surface area contributed by atoms with E-state index in [0.717, 1.165) is 43.7 Å². The van der Waals surface area contributed by atoms with Gasteiger partial charge >= 0.3 is 0 Å². The summed E-state index contributed by atoms with van der Waals surface area (Å²) in [5.41, 5.74) is 9.52. The van der Waals surface area contributed by atoms with E-state index in [1.54, 1.807) is 0 Å². The molecule has 0 bridgehead atoms. The highest BCUT2D eigenvalue weighted by Gasteiger charge is 2.15. The number of aryl methyl sites for hydroxylation is 1. The number of rotatable bonds is 7. The third kappa shape index (κ3) is 5.03. The van der Waals surface area contributed by atoms with Crippen LogP contribution in [0.25, 0.3) is 0 Å². The highest BCUT2D eigenvalue weighted by atomic mass is 16.2. The Balaban J connectivity index is 1.63. The average Bonchev–Trinajstić information content (AvgIpc) is 2.73. The van der Waals surface area contributed by atoms with Crippen molar-refractivity contribution in [2.75, 3.05) is 35.2 Å². The highest BCUT2D eigenvalue weighted by molar-refractivity contribution is 6.01. The second kappa shape index (κ2) is 9.26. The zero-order valence-electron chi connectivity index (χ0n) is 16.3. The van der Waals surface area contributed by atoms with Crippen molar-refractivity contribution in [3.8, 4) is 0 Å². The Morgan fingerprint density at radius 2 is 1.75 bits per heavy atom. The highest BCUT2D eigenvalue weighted by Crippen LogP contribution is 2.25. The number of hydrogen-bond donors (Lipinski definition) is 3. The minimum atomic E-state index is -0.503. The van der Waals surface area contributed by atoms with Crippen molar-refractivity contribution in [2.24, 2.45) is 5.73 Å². The fourth-order valence-electron chi connectivity index (χ4n) is 3.44. The number of primary amides is 1. The van der Waals surface area contributed by atoms with Crippen molar-refractivity contribution in [2.45, 2.75) is 32.6 Å². The van der Waals surface area contributed by atoms with E-state index in [4.69, 9.17) is 5.73 Å². The third-order valence-corrected chi connectivity index (χ3v) is 5.08. The van der Waals surface area contributed by atoms with Crippen molar-refractivity contribution in [3.63, 3.8) is 0 Å². The molecule has 0 aromatic heterocycles. The van der Waals surface area contributed by atoms with Crippen LogP contribution >= 0.6 is 0 Å². The smallest absolute Gasteiger partial charge is 0.250 e. The van der Waals surface area contributed by atoms with Gasteiger partial charge in [0.1, 0.15) is 0 Å². The summed E-state index contributed by atoms with van der Waals surface area (Å²) < 4.78 is 0. The van der Waals surface area contributed by atoms with Gasteiger partial charge in [-0.15, -0.1) is 0 Å². The van der Waals surface area contributed by atoms with Gasteiger partial charge in [-0.05, 0) is 61.6 Å². The Labute approximate surface area is 166 Å². The zero-order chi connectivity index (χ0) is 19.9. The van der Waals surface area contributed by atoms with Crippen molar-refractivity contribution in [1.29, 1.82) is 0 Å². The van der Waals surface area contributed by atoms with Gasteiger partial charge in [-0.2, -0.15) is 0 Å². The number of benzene rings is 2. The predicted octanol–water partition coefficient (Wildman–Crippen LogP) is 3.39. The van der Waals surface area contributed by atoms with Crippen molar-refractivity contribution in [1.82, 2.24) is 0 Å². The minimum Gasteiger partial charge on any atom is -0.375 e. The van der Waals surface area contributed by atoms with Crippen LogP contribution in [-0.4, -0.2) is 31.4 Å². The molecule has 2 aromatic carbocycles. The lowest BCUT2D eigenvalue weighted by Crippen LogP contribution is -2.30. The molecule has 1 saturated heterocycles. The lowest BCUT2D eigenvalue weighted by molar-refractivity contribution is -0.114. The fraction of sp³-hybridized carbons (Fsp3) is 0.364. The van der Waals surface area contributed by atoms with Gasteiger partial charge in [-0.3, -0.25) is 9.59 Å². The van der Waals surface area contributed by atoms with E-state index >= 15 is 0 Å². The first-order chi connectivity index (χ1) is 13.6. The van der Waals surface area contributed by atoms with Crippen LogP contribution in [0, 0.1) is 0 Å². The maximum absolute atomic E-state index is 12.2. The summed E-state index contributed by atoms with van der Waals surface area (Å²) in [5.74, 6) is -0.684. The molecule has 3 rings (SSSR count). The Bertz CT molecular complexity index is 827. The number of nitrogens with two attached hydrogens (primary N) is 1. The molecule has 4 N–H and O–H groups in total. The SMILES string of the molecule is CCc1ccc(NC(=O)CNc2ccc(N3CCCCC3)cc2C(N)=O)cc1. The number of anilines is 3. The normalized spacial score (nSPS) is 13.8. The summed E-state index contributed by atoms with van der Waals surface area (Å²) in [5, 5.41) is 5.89. The molecule has 28 heavy (non-hydrogen) atoms. The van der Waals surface area contributed by atoms with Gasteiger partial charge < -0.3 is 21.3 Å². The van der Waals surface area contributed by atoms with Gasteiger partial charge in [0.15, 0.2) is 0 Å². The largest absolute Gasteiger partial charge is 0.375 e. The lowest BCUT2D eigenvalue weighted by Gasteiger charge is -2.29. The number of carbonyl (C=O) groups excluding carboxylic acids is 2. The van der Waals surface area contributed by atoms with Crippen LogP contribution in [0.3, 0.4) is 0 Å². The van der Waals surface area contributed by atoms with Crippen LogP contribution in [0.2, 0.25) is 0 Å². The van der Waals surface area contributed by atoms with Crippen LogP contribution < -0.4 is 21.3 Å². The second-order valence-electron chi connectivity index (χ2n) is 7.09. The number of piperidine rings is 1. The van der Waals surface area contributed by atoms with Gasteiger partial charge in [0.25, 0.3) is 5.91 Å². The minimum absolute atomic E-state index is 0.0544. The summed E-state index contributed by atoms with van der Waals surface area (Å²) in [6, 6.07) is 13.4. The quantitative estimate of drug-likeness (QED) is 0.687. The molecular weight excluding hydrogens is 352 g/mol. The Hall–Kier alpha value is -3.02. The van der Waals surface area contributed by atoms with E-state index in [0.29, 0.717) is 11.3 Å². The summed E-state index contributed by atoms with van der Waals surface area (Å²) in [7, 11) is 0. The van der Waals surface area contributed by atoms with Crippen LogP contribution in [0.5, 0.6) is 0 Å². The molecule has 6 heteroatoms. The van der Waals surface area contributed by atoms with Crippen molar-refractivity contribution >= 4 is 28.9 Å². The molecule has 1 heterocycles. The van der Waals surface area contributed by atoms with E-state index in [1.807, 2.05) is 42.5 Å². The zero-order valence-corrected chi connectivity index (χ0v) is 16.3. The number of nitrogens with zero attached hydrogens (tertiary/aromatic N) is 1. The average molecular weight is 380 g/mol. The molecule has 1 fully saturated rings. The molecule has 0 aliphatic carbocycles. The monoisotopic (exact) mass is 380 g/mol. The van der Waals surface area contributed by atoms with Crippen LogP contribution in [0.4, 0.5) is 17.1 Å². The first-order valence-corrected chi connectivity index (χ1v) is 9.88. The van der Waals surface area contributed by atoms with Crippen molar-refractivity contribution in [3.05, 3.63) is 53.6 Å². The third-order valence-electron chi connectivity index (χ3n) is 5.08. The summed E-state index contributed by atoms with van der Waals surface area (Å²) in [6.45, 7) is 4.12. The number of carbonyl (C=O) groups is 2. The van der Waals surface area contributed by atoms with Gasteiger partial charge in [0.2, 0.25) is 5.91 Å². The molecule has 0 spiro atoms. The first-order valence-electron chi connectivity index (χ1n) is 9.88. The molecule has 0 unspecified atom stereocenters. The molecule has 6 nitrogen and oxygen atoms in total. The lowest BCUT2D eigenvalue weighted by atomic mass is 10.1. The Morgan fingerprint density at radius 3 is 2.39 bits per heavy atom. The van der Waals surface area contributed by atoms with E-state index in [9.17, 15) is 9.59 Å². The Kier molecular flexibility index (Phi) is 6.53. The second-order valence-corrected chi connectivity index (χ2v) is 7.09. The molecule has 1 aliphatic heterocycles. The molecule has 0 radical (unpaired) electrons. The van der Waals surface area contributed by atoms with E-state index in [2.05, 4.69) is 22.5 Å². The summed E-state index contributed by atoms with van der Waals surface area (Å²) >= 11 is 0. The molecule has 0 saturated carbocycles. The topological polar surface area (TPSA) is 87.5 Å². The van der Waals surface area contributed by atoms with Gasteiger partial charge in [-0.25, -0.2) is 0 Å². The molecule has 2 amide bonds. The summed E-state index contributed by atoms with van der Waals surface area (Å²) in [6.07, 6.45) is 4.52. The van der Waals surface area contributed by atoms with E-state index in [-0.39, 0.29) is 12.5 Å².